The molecule has 1 rings (SSSR count). The maximum Gasteiger partial charge on any atom is 0.104 e. The highest BCUT2D eigenvalue weighted by atomic mass is 32.2. The van der Waals surface area contributed by atoms with E-state index in [0.717, 1.165) is 52.1 Å². The largest absolute Gasteiger partial charge is 0.380 e. The van der Waals surface area contributed by atoms with E-state index in [1.54, 1.807) is 11.8 Å². The molecule has 4 heteroatoms. The average molecular weight is 256 g/mol. The molecule has 3 nitrogen and oxygen atoms in total. The van der Waals surface area contributed by atoms with Crippen molar-refractivity contribution >= 4 is 11.8 Å². The fourth-order valence-corrected chi connectivity index (χ4v) is 2.72. The molecule has 1 saturated heterocycles. The monoisotopic (exact) mass is 256 g/mol. The molecular formula is C13H24N2OS. The van der Waals surface area contributed by atoms with Crippen molar-refractivity contribution < 1.29 is 4.74 Å². The van der Waals surface area contributed by atoms with Gasteiger partial charge in [-0.3, -0.25) is 0 Å². The van der Waals surface area contributed by atoms with Gasteiger partial charge in [-0.15, -0.1) is 11.8 Å². The van der Waals surface area contributed by atoms with E-state index < -0.39 is 0 Å². The molecule has 98 valence electrons. The Morgan fingerprint density at radius 3 is 2.59 bits per heavy atom. The minimum Gasteiger partial charge on any atom is -0.380 e. The molecule has 0 aliphatic carbocycles. The molecule has 0 N–H and O–H groups in total. The molecule has 0 amide bonds. The molecule has 0 unspecified atom stereocenters. The van der Waals surface area contributed by atoms with Gasteiger partial charge in [-0.25, -0.2) is 0 Å². The number of ether oxygens (including phenoxy) is 1. The summed E-state index contributed by atoms with van der Waals surface area (Å²) in [5.41, 5.74) is 0. The average Bonchev–Trinajstić information content (AvgIpc) is 2.39. The van der Waals surface area contributed by atoms with Gasteiger partial charge >= 0.3 is 0 Å². The van der Waals surface area contributed by atoms with Gasteiger partial charge in [0, 0.05) is 26.2 Å². The summed E-state index contributed by atoms with van der Waals surface area (Å²) in [4.78, 5) is 2.41. The van der Waals surface area contributed by atoms with Crippen LogP contribution in [0.4, 0.5) is 0 Å². The van der Waals surface area contributed by atoms with E-state index in [2.05, 4.69) is 17.9 Å². The van der Waals surface area contributed by atoms with Crippen LogP contribution in [-0.2, 0) is 4.74 Å². The number of hydrogen-bond donors (Lipinski definition) is 0. The summed E-state index contributed by atoms with van der Waals surface area (Å²) in [6, 6.07) is 2.48. The third-order valence-electron chi connectivity index (χ3n) is 3.45. The Hall–Kier alpha value is -0.240. The lowest BCUT2D eigenvalue weighted by Crippen LogP contribution is -2.42. The summed E-state index contributed by atoms with van der Waals surface area (Å²) in [7, 11) is 0. The predicted octanol–water partition coefficient (Wildman–Crippen LogP) is 2.52. The van der Waals surface area contributed by atoms with Gasteiger partial charge in [0.2, 0.25) is 0 Å². The lowest BCUT2D eigenvalue weighted by atomic mass is 9.97. The van der Waals surface area contributed by atoms with Crippen LogP contribution >= 0.6 is 11.8 Å². The number of unbranched alkanes of at least 4 members (excludes halogenated alkanes) is 1. The Bertz CT molecular complexity index is 244. The standard InChI is InChI=1S/C13H24N2OS/c1-3-4-10-16-11-9-15-7-5-13(12-14,17-2)6-8-15/h3-11H2,1-2H3. The zero-order valence-corrected chi connectivity index (χ0v) is 11.9. The molecule has 0 spiro atoms. The first-order valence-electron chi connectivity index (χ1n) is 6.53. The maximum absolute atomic E-state index is 9.19. The quantitative estimate of drug-likeness (QED) is 0.656. The van der Waals surface area contributed by atoms with Gasteiger partial charge in [0.25, 0.3) is 0 Å². The van der Waals surface area contributed by atoms with Crippen LogP contribution < -0.4 is 0 Å². The SMILES string of the molecule is CCCCOCCN1CCC(C#N)(SC)CC1. The smallest absolute Gasteiger partial charge is 0.104 e. The Morgan fingerprint density at radius 2 is 2.06 bits per heavy atom. The van der Waals surface area contributed by atoms with E-state index in [0.29, 0.717) is 0 Å². The third kappa shape index (κ3) is 4.87. The summed E-state index contributed by atoms with van der Waals surface area (Å²) in [5.74, 6) is 0. The number of nitriles is 1. The highest BCUT2D eigenvalue weighted by Gasteiger charge is 2.33. The second kappa shape index (κ2) is 7.97. The van der Waals surface area contributed by atoms with Gasteiger partial charge in [0.1, 0.15) is 4.75 Å². The first kappa shape index (κ1) is 14.8. The van der Waals surface area contributed by atoms with E-state index >= 15 is 0 Å². The van der Waals surface area contributed by atoms with E-state index in [4.69, 9.17) is 4.74 Å². The second-order valence-electron chi connectivity index (χ2n) is 4.62. The van der Waals surface area contributed by atoms with Crippen LogP contribution in [-0.4, -0.2) is 48.8 Å². The molecule has 0 saturated carbocycles. The number of rotatable bonds is 7. The number of nitrogens with zero attached hydrogens (tertiary/aromatic N) is 2. The molecule has 1 fully saturated rings. The molecule has 1 aliphatic heterocycles. The van der Waals surface area contributed by atoms with Crippen molar-refractivity contribution in [3.05, 3.63) is 0 Å². The second-order valence-corrected chi connectivity index (χ2v) is 5.81. The Morgan fingerprint density at radius 1 is 1.35 bits per heavy atom. The van der Waals surface area contributed by atoms with Crippen molar-refractivity contribution in [2.75, 3.05) is 39.1 Å². The predicted molar refractivity (Wildman–Crippen MR) is 73.3 cm³/mol. The summed E-state index contributed by atoms with van der Waals surface area (Å²) in [6.07, 6.45) is 6.37. The van der Waals surface area contributed by atoms with Crippen LogP contribution in [0.3, 0.4) is 0 Å². The normalized spacial score (nSPS) is 20.1. The third-order valence-corrected chi connectivity index (χ3v) is 4.73. The first-order valence-corrected chi connectivity index (χ1v) is 7.75. The fourth-order valence-electron chi connectivity index (χ4n) is 2.04. The molecule has 0 bridgehead atoms. The lowest BCUT2D eigenvalue weighted by Gasteiger charge is -2.36. The number of piperidine rings is 1. The van der Waals surface area contributed by atoms with Gasteiger partial charge in [-0.1, -0.05) is 13.3 Å². The Balaban J connectivity index is 2.13. The zero-order chi connectivity index (χ0) is 12.6. The van der Waals surface area contributed by atoms with Crippen LogP contribution in [0, 0.1) is 11.3 Å². The molecule has 1 heterocycles. The van der Waals surface area contributed by atoms with Crippen molar-refractivity contribution in [3.8, 4) is 6.07 Å². The highest BCUT2D eigenvalue weighted by molar-refractivity contribution is 8.00. The van der Waals surface area contributed by atoms with E-state index in [1.807, 2.05) is 6.26 Å². The minimum atomic E-state index is -0.125. The number of hydrogen-bond acceptors (Lipinski definition) is 4. The molecule has 0 aromatic rings. The van der Waals surface area contributed by atoms with Gasteiger partial charge in [0.15, 0.2) is 0 Å². The summed E-state index contributed by atoms with van der Waals surface area (Å²) >= 11 is 1.71. The summed E-state index contributed by atoms with van der Waals surface area (Å²) < 4.78 is 5.44. The Labute approximate surface area is 110 Å². The van der Waals surface area contributed by atoms with Crippen LogP contribution in [0.1, 0.15) is 32.6 Å². The van der Waals surface area contributed by atoms with Gasteiger partial charge < -0.3 is 9.64 Å². The lowest BCUT2D eigenvalue weighted by molar-refractivity contribution is 0.0928. The minimum absolute atomic E-state index is 0.125. The zero-order valence-electron chi connectivity index (χ0n) is 11.1. The highest BCUT2D eigenvalue weighted by Crippen LogP contribution is 2.33. The topological polar surface area (TPSA) is 36.3 Å². The fraction of sp³-hybridized carbons (Fsp3) is 0.923. The molecular weight excluding hydrogens is 232 g/mol. The molecule has 17 heavy (non-hydrogen) atoms. The summed E-state index contributed by atoms with van der Waals surface area (Å²) in [5, 5.41) is 9.19. The van der Waals surface area contributed by atoms with E-state index in [1.165, 1.54) is 6.42 Å². The summed E-state index contributed by atoms with van der Waals surface area (Å²) in [6.45, 7) is 6.98. The van der Waals surface area contributed by atoms with E-state index in [9.17, 15) is 5.26 Å². The molecule has 0 aromatic heterocycles. The number of likely N-dealkylation sites (tertiary alicyclic amines) is 1. The van der Waals surface area contributed by atoms with E-state index in [-0.39, 0.29) is 4.75 Å². The van der Waals surface area contributed by atoms with Crippen molar-refractivity contribution in [1.29, 1.82) is 5.26 Å². The van der Waals surface area contributed by atoms with Gasteiger partial charge in [-0.05, 0) is 25.5 Å². The van der Waals surface area contributed by atoms with Crippen molar-refractivity contribution in [1.82, 2.24) is 4.90 Å². The molecule has 0 radical (unpaired) electrons. The number of thioether (sulfide) groups is 1. The first-order chi connectivity index (χ1) is 8.26. The molecule has 0 aromatic carbocycles. The van der Waals surface area contributed by atoms with Crippen LogP contribution in [0.5, 0.6) is 0 Å². The van der Waals surface area contributed by atoms with Gasteiger partial charge in [0.05, 0.1) is 12.7 Å². The maximum atomic E-state index is 9.19. The van der Waals surface area contributed by atoms with Crippen LogP contribution in [0.2, 0.25) is 0 Å². The van der Waals surface area contributed by atoms with Crippen LogP contribution in [0.15, 0.2) is 0 Å². The van der Waals surface area contributed by atoms with Crippen molar-refractivity contribution in [2.45, 2.75) is 37.4 Å². The van der Waals surface area contributed by atoms with Crippen LogP contribution in [0.25, 0.3) is 0 Å². The van der Waals surface area contributed by atoms with Gasteiger partial charge in [-0.2, -0.15) is 5.26 Å². The molecule has 0 atom stereocenters. The van der Waals surface area contributed by atoms with Crippen molar-refractivity contribution in [2.24, 2.45) is 0 Å². The Kier molecular flexibility index (Phi) is 6.94. The van der Waals surface area contributed by atoms with Crippen molar-refractivity contribution in [3.63, 3.8) is 0 Å². The molecule has 1 aliphatic rings.